The molecule has 8 heteroatoms. The fourth-order valence-electron chi connectivity index (χ4n) is 3.85. The van der Waals surface area contributed by atoms with Crippen molar-refractivity contribution in [2.75, 3.05) is 43.4 Å². The van der Waals surface area contributed by atoms with Gasteiger partial charge in [0.05, 0.1) is 6.20 Å². The predicted octanol–water partition coefficient (Wildman–Crippen LogP) is 3.31. The minimum atomic E-state index is -0.257. The molecular formula is C24H31N7O. The van der Waals surface area contributed by atoms with Crippen molar-refractivity contribution in [3.8, 4) is 0 Å². The van der Waals surface area contributed by atoms with Crippen LogP contribution in [0.4, 0.5) is 16.4 Å². The standard InChI is InChI=1S/C24H31N7O/c1-18(7-6-10-19-8-4-3-5-9-19)26-24(32)28-21-12-11-20-23(27-21)29-22(17-25-20)31-15-13-30(2)14-16-31/h3-5,8-9,11-12,17-18H,6-7,10,13-16H2,1-2H3,(H2,26,27,28,29,32). The second-order valence-electron chi connectivity index (χ2n) is 8.44. The maximum absolute atomic E-state index is 12.4. The van der Waals surface area contributed by atoms with E-state index in [1.54, 1.807) is 12.3 Å². The molecule has 2 N–H and O–H groups in total. The molecule has 8 nitrogen and oxygen atoms in total. The van der Waals surface area contributed by atoms with Crippen LogP contribution in [0.2, 0.25) is 0 Å². The van der Waals surface area contributed by atoms with Gasteiger partial charge in [-0.15, -0.1) is 0 Å². The number of nitrogens with one attached hydrogen (secondary N) is 2. The predicted molar refractivity (Wildman–Crippen MR) is 128 cm³/mol. The smallest absolute Gasteiger partial charge is 0.320 e. The normalized spacial score (nSPS) is 15.5. The van der Waals surface area contributed by atoms with Gasteiger partial charge in [0, 0.05) is 32.2 Å². The van der Waals surface area contributed by atoms with Crippen molar-refractivity contribution in [2.24, 2.45) is 0 Å². The number of carbonyl (C=O) groups is 1. The summed E-state index contributed by atoms with van der Waals surface area (Å²) in [5, 5.41) is 5.82. The van der Waals surface area contributed by atoms with Crippen LogP contribution < -0.4 is 15.5 Å². The maximum atomic E-state index is 12.4. The van der Waals surface area contributed by atoms with Gasteiger partial charge in [-0.1, -0.05) is 30.3 Å². The molecule has 0 saturated carbocycles. The van der Waals surface area contributed by atoms with Crippen molar-refractivity contribution in [1.29, 1.82) is 0 Å². The number of likely N-dealkylation sites (N-methyl/N-ethyl adjacent to an activating group) is 1. The van der Waals surface area contributed by atoms with E-state index >= 15 is 0 Å². The van der Waals surface area contributed by atoms with Crippen molar-refractivity contribution in [1.82, 2.24) is 25.2 Å². The van der Waals surface area contributed by atoms with Crippen LogP contribution in [0.25, 0.3) is 11.2 Å². The molecule has 1 atom stereocenters. The molecule has 1 saturated heterocycles. The van der Waals surface area contributed by atoms with Crippen LogP contribution in [0, 0.1) is 0 Å². The molecule has 1 aliphatic rings. The molecule has 1 aromatic carbocycles. The fourth-order valence-corrected chi connectivity index (χ4v) is 3.85. The average molecular weight is 434 g/mol. The summed E-state index contributed by atoms with van der Waals surface area (Å²) in [5.41, 5.74) is 2.57. The zero-order valence-electron chi connectivity index (χ0n) is 18.8. The molecule has 1 unspecified atom stereocenters. The van der Waals surface area contributed by atoms with Crippen molar-refractivity contribution in [2.45, 2.75) is 32.2 Å². The summed E-state index contributed by atoms with van der Waals surface area (Å²) in [4.78, 5) is 30.6. The van der Waals surface area contributed by atoms with Crippen LogP contribution in [0.3, 0.4) is 0 Å². The number of nitrogens with zero attached hydrogens (tertiary/aromatic N) is 5. The van der Waals surface area contributed by atoms with Gasteiger partial charge in [-0.3, -0.25) is 5.32 Å². The van der Waals surface area contributed by atoms with Crippen LogP contribution >= 0.6 is 0 Å². The van der Waals surface area contributed by atoms with E-state index in [0.29, 0.717) is 17.0 Å². The Morgan fingerprint density at radius 3 is 2.62 bits per heavy atom. The van der Waals surface area contributed by atoms with Crippen LogP contribution in [0.1, 0.15) is 25.3 Å². The molecule has 0 radical (unpaired) electrons. The van der Waals surface area contributed by atoms with E-state index in [2.05, 4.69) is 66.7 Å². The summed E-state index contributed by atoms with van der Waals surface area (Å²) in [6, 6.07) is 13.8. The second-order valence-corrected chi connectivity index (χ2v) is 8.44. The third kappa shape index (κ3) is 5.91. The second kappa shape index (κ2) is 10.4. The lowest BCUT2D eigenvalue weighted by atomic mass is 10.1. The number of pyridine rings is 1. The number of fused-ring (bicyclic) bond motifs is 1. The summed E-state index contributed by atoms with van der Waals surface area (Å²) in [6.45, 7) is 5.85. The number of hydrogen-bond acceptors (Lipinski definition) is 6. The van der Waals surface area contributed by atoms with E-state index in [-0.39, 0.29) is 12.1 Å². The quantitative estimate of drug-likeness (QED) is 0.595. The lowest BCUT2D eigenvalue weighted by Gasteiger charge is -2.32. The van der Waals surface area contributed by atoms with E-state index in [0.717, 1.165) is 51.3 Å². The molecule has 4 rings (SSSR count). The van der Waals surface area contributed by atoms with Gasteiger partial charge < -0.3 is 15.1 Å². The van der Waals surface area contributed by atoms with E-state index in [1.165, 1.54) is 5.56 Å². The van der Waals surface area contributed by atoms with Crippen LogP contribution in [-0.2, 0) is 6.42 Å². The molecule has 3 heterocycles. The van der Waals surface area contributed by atoms with Gasteiger partial charge in [-0.05, 0) is 50.9 Å². The van der Waals surface area contributed by atoms with Crippen LogP contribution in [-0.4, -0.2) is 65.2 Å². The highest BCUT2D eigenvalue weighted by Gasteiger charge is 2.16. The number of urea groups is 1. The molecule has 0 aliphatic carbocycles. The van der Waals surface area contributed by atoms with Crippen LogP contribution in [0.5, 0.6) is 0 Å². The SMILES string of the molecule is CC(CCCc1ccccc1)NC(=O)Nc1ccc2ncc(N3CCN(C)CC3)nc2n1. The van der Waals surface area contributed by atoms with Gasteiger partial charge in [0.1, 0.15) is 17.2 Å². The zero-order chi connectivity index (χ0) is 22.3. The van der Waals surface area contributed by atoms with Gasteiger partial charge in [0.15, 0.2) is 5.65 Å². The first-order valence-corrected chi connectivity index (χ1v) is 11.3. The van der Waals surface area contributed by atoms with Gasteiger partial charge in [-0.25, -0.2) is 19.7 Å². The van der Waals surface area contributed by atoms with Crippen LogP contribution in [0.15, 0.2) is 48.7 Å². The monoisotopic (exact) mass is 433 g/mol. The Labute approximate surface area is 189 Å². The van der Waals surface area contributed by atoms with E-state index in [1.807, 2.05) is 19.1 Å². The number of aromatic nitrogens is 3. The van der Waals surface area contributed by atoms with Gasteiger partial charge in [0.2, 0.25) is 0 Å². The number of rotatable bonds is 7. The number of anilines is 2. The number of hydrogen-bond donors (Lipinski definition) is 2. The van der Waals surface area contributed by atoms with Crippen molar-refractivity contribution >= 4 is 28.8 Å². The lowest BCUT2D eigenvalue weighted by Crippen LogP contribution is -2.44. The summed E-state index contributed by atoms with van der Waals surface area (Å²) < 4.78 is 0. The Morgan fingerprint density at radius 2 is 1.84 bits per heavy atom. The molecule has 1 fully saturated rings. The average Bonchev–Trinajstić information content (AvgIpc) is 2.79. The molecular weight excluding hydrogens is 402 g/mol. The highest BCUT2D eigenvalue weighted by Crippen LogP contribution is 2.17. The van der Waals surface area contributed by atoms with E-state index in [4.69, 9.17) is 0 Å². The van der Waals surface area contributed by atoms with Crippen molar-refractivity contribution in [3.05, 3.63) is 54.2 Å². The first-order chi connectivity index (χ1) is 15.6. The van der Waals surface area contributed by atoms with Gasteiger partial charge in [-0.2, -0.15) is 0 Å². The molecule has 1 aliphatic heterocycles. The minimum Gasteiger partial charge on any atom is -0.353 e. The molecule has 2 amide bonds. The fraction of sp³-hybridized carbons (Fsp3) is 0.417. The highest BCUT2D eigenvalue weighted by molar-refractivity contribution is 5.89. The topological polar surface area (TPSA) is 86.3 Å². The summed E-state index contributed by atoms with van der Waals surface area (Å²) in [6.07, 6.45) is 4.74. The number of benzene rings is 1. The molecule has 32 heavy (non-hydrogen) atoms. The largest absolute Gasteiger partial charge is 0.353 e. The Bertz CT molecular complexity index is 1030. The lowest BCUT2D eigenvalue weighted by molar-refractivity contribution is 0.248. The molecule has 3 aromatic rings. The first-order valence-electron chi connectivity index (χ1n) is 11.3. The number of carbonyl (C=O) groups excluding carboxylic acids is 1. The van der Waals surface area contributed by atoms with Gasteiger partial charge in [0.25, 0.3) is 0 Å². The zero-order valence-corrected chi connectivity index (χ0v) is 18.8. The Kier molecular flexibility index (Phi) is 7.11. The minimum absolute atomic E-state index is 0.0720. The Morgan fingerprint density at radius 1 is 1.06 bits per heavy atom. The molecule has 2 aromatic heterocycles. The first kappa shape index (κ1) is 22.0. The maximum Gasteiger partial charge on any atom is 0.320 e. The Hall–Kier alpha value is -3.26. The number of piperazine rings is 1. The van der Waals surface area contributed by atoms with E-state index in [9.17, 15) is 4.79 Å². The molecule has 0 spiro atoms. The molecule has 0 bridgehead atoms. The summed E-state index contributed by atoms with van der Waals surface area (Å²) in [7, 11) is 2.12. The van der Waals surface area contributed by atoms with E-state index < -0.39 is 0 Å². The molecule has 168 valence electrons. The van der Waals surface area contributed by atoms with Crippen molar-refractivity contribution < 1.29 is 4.79 Å². The number of amides is 2. The third-order valence-electron chi connectivity index (χ3n) is 5.79. The Balaban J connectivity index is 1.31. The third-order valence-corrected chi connectivity index (χ3v) is 5.79. The summed E-state index contributed by atoms with van der Waals surface area (Å²) in [5.74, 6) is 1.29. The van der Waals surface area contributed by atoms with Gasteiger partial charge >= 0.3 is 6.03 Å². The van der Waals surface area contributed by atoms with Crippen molar-refractivity contribution in [3.63, 3.8) is 0 Å². The summed E-state index contributed by atoms with van der Waals surface area (Å²) >= 11 is 0. The number of aryl methyl sites for hydroxylation is 1. The highest BCUT2D eigenvalue weighted by atomic mass is 16.2.